The molecule has 1 saturated heterocycles. The Hall–Kier alpha value is -1.59. The van der Waals surface area contributed by atoms with E-state index in [4.69, 9.17) is 0 Å². The van der Waals surface area contributed by atoms with Gasteiger partial charge in [0.1, 0.15) is 12.6 Å². The topological polar surface area (TPSA) is 75.7 Å². The third-order valence-corrected chi connectivity index (χ3v) is 2.26. The van der Waals surface area contributed by atoms with Crippen LogP contribution < -0.4 is 5.32 Å². The number of hydrogen-bond acceptors (Lipinski definition) is 4. The van der Waals surface area contributed by atoms with Gasteiger partial charge in [0.15, 0.2) is 0 Å². The number of esters is 1. The maximum Gasteiger partial charge on any atom is 0.325 e. The molecule has 1 rings (SSSR count). The molecule has 0 aromatic carbocycles. The van der Waals surface area contributed by atoms with Crippen LogP contribution in [0, 0.1) is 0 Å². The lowest BCUT2D eigenvalue weighted by Gasteiger charge is -2.19. The van der Waals surface area contributed by atoms with Crippen molar-refractivity contribution in [3.8, 4) is 0 Å². The van der Waals surface area contributed by atoms with Gasteiger partial charge in [-0.3, -0.25) is 14.4 Å². The van der Waals surface area contributed by atoms with E-state index in [1.807, 2.05) is 0 Å². The molecular formula is C9H14N2O4. The van der Waals surface area contributed by atoms with Gasteiger partial charge in [0.2, 0.25) is 11.8 Å². The van der Waals surface area contributed by atoms with Crippen LogP contribution in [-0.2, 0) is 19.1 Å². The fraction of sp³-hybridized carbons (Fsp3) is 0.667. The lowest BCUT2D eigenvalue weighted by molar-refractivity contribution is -0.146. The second kappa shape index (κ2) is 4.77. The van der Waals surface area contributed by atoms with Crippen molar-refractivity contribution in [2.24, 2.45) is 0 Å². The van der Waals surface area contributed by atoms with E-state index in [0.29, 0.717) is 12.8 Å². The quantitative estimate of drug-likeness (QED) is 0.605. The van der Waals surface area contributed by atoms with E-state index in [1.54, 1.807) is 0 Å². The number of nitrogens with one attached hydrogen (secondary N) is 1. The molecule has 0 aromatic rings. The Kier molecular flexibility index (Phi) is 3.65. The second-order valence-corrected chi connectivity index (χ2v) is 3.43. The summed E-state index contributed by atoms with van der Waals surface area (Å²) in [5, 5.41) is 2.54. The van der Waals surface area contributed by atoms with Crippen LogP contribution in [0.4, 0.5) is 0 Å². The van der Waals surface area contributed by atoms with E-state index in [1.165, 1.54) is 19.1 Å². The zero-order valence-corrected chi connectivity index (χ0v) is 8.78. The number of nitrogens with zero attached hydrogens (tertiary/aromatic N) is 1. The molecule has 0 saturated carbocycles. The first-order valence-electron chi connectivity index (χ1n) is 4.65. The molecule has 1 aliphatic heterocycles. The molecule has 0 aliphatic carbocycles. The standard InChI is InChI=1S/C9H14N2O4/c1-11(5-8(13)15-2)9(14)6-3-4-7(12)10-6/h6H,3-5H2,1-2H3,(H,10,12)/t6-/m0/s1. The Morgan fingerprint density at radius 3 is 2.73 bits per heavy atom. The summed E-state index contributed by atoms with van der Waals surface area (Å²) >= 11 is 0. The molecule has 15 heavy (non-hydrogen) atoms. The highest BCUT2D eigenvalue weighted by Crippen LogP contribution is 2.08. The van der Waals surface area contributed by atoms with Crippen LogP contribution in [0.25, 0.3) is 0 Å². The maximum atomic E-state index is 11.6. The van der Waals surface area contributed by atoms with Gasteiger partial charge in [0.05, 0.1) is 7.11 Å². The predicted molar refractivity (Wildman–Crippen MR) is 50.8 cm³/mol. The first kappa shape index (κ1) is 11.5. The summed E-state index contributed by atoms with van der Waals surface area (Å²) in [4.78, 5) is 34.7. The molecule has 6 nitrogen and oxygen atoms in total. The third kappa shape index (κ3) is 2.93. The molecule has 1 fully saturated rings. The molecule has 0 spiro atoms. The van der Waals surface area contributed by atoms with E-state index in [2.05, 4.69) is 10.1 Å². The fourth-order valence-corrected chi connectivity index (χ4v) is 1.40. The van der Waals surface area contributed by atoms with Crippen LogP contribution in [0.2, 0.25) is 0 Å². The molecule has 1 atom stereocenters. The highest BCUT2D eigenvalue weighted by molar-refractivity contribution is 5.92. The number of carbonyl (C=O) groups is 3. The largest absolute Gasteiger partial charge is 0.468 e. The molecule has 84 valence electrons. The van der Waals surface area contributed by atoms with Crippen LogP contribution in [0.15, 0.2) is 0 Å². The number of carbonyl (C=O) groups excluding carboxylic acids is 3. The van der Waals surface area contributed by atoms with E-state index in [-0.39, 0.29) is 18.4 Å². The second-order valence-electron chi connectivity index (χ2n) is 3.43. The fourth-order valence-electron chi connectivity index (χ4n) is 1.40. The van der Waals surface area contributed by atoms with E-state index in [0.717, 1.165) is 0 Å². The monoisotopic (exact) mass is 214 g/mol. The summed E-state index contributed by atoms with van der Waals surface area (Å²) < 4.78 is 4.43. The Bertz CT molecular complexity index is 290. The van der Waals surface area contributed by atoms with Gasteiger partial charge in [-0.25, -0.2) is 0 Å². The van der Waals surface area contributed by atoms with Crippen molar-refractivity contribution >= 4 is 17.8 Å². The third-order valence-electron chi connectivity index (χ3n) is 2.26. The Balaban J connectivity index is 2.45. The van der Waals surface area contributed by atoms with Crippen molar-refractivity contribution in [3.05, 3.63) is 0 Å². The molecule has 0 aromatic heterocycles. The van der Waals surface area contributed by atoms with Crippen LogP contribution in [0.3, 0.4) is 0 Å². The average Bonchev–Trinajstić information content (AvgIpc) is 2.63. The SMILES string of the molecule is COC(=O)CN(C)C(=O)[C@@H]1CCC(=O)N1. The van der Waals surface area contributed by atoms with E-state index >= 15 is 0 Å². The number of hydrogen-bond donors (Lipinski definition) is 1. The number of amides is 2. The van der Waals surface area contributed by atoms with Crippen molar-refractivity contribution < 1.29 is 19.1 Å². The van der Waals surface area contributed by atoms with Gasteiger partial charge < -0.3 is 15.0 Å². The first-order valence-corrected chi connectivity index (χ1v) is 4.65. The van der Waals surface area contributed by atoms with Gasteiger partial charge in [-0.15, -0.1) is 0 Å². The van der Waals surface area contributed by atoms with Gasteiger partial charge >= 0.3 is 5.97 Å². The Labute approximate surface area is 87.6 Å². The highest BCUT2D eigenvalue weighted by atomic mass is 16.5. The molecule has 0 radical (unpaired) electrons. The Morgan fingerprint density at radius 1 is 1.60 bits per heavy atom. The average molecular weight is 214 g/mol. The van der Waals surface area contributed by atoms with Crippen LogP contribution in [0.1, 0.15) is 12.8 Å². The zero-order valence-electron chi connectivity index (χ0n) is 8.78. The van der Waals surface area contributed by atoms with Crippen molar-refractivity contribution in [1.82, 2.24) is 10.2 Å². The smallest absolute Gasteiger partial charge is 0.325 e. The molecule has 1 N–H and O–H groups in total. The maximum absolute atomic E-state index is 11.6. The first-order chi connectivity index (χ1) is 7.04. The van der Waals surface area contributed by atoms with Crippen molar-refractivity contribution in [3.63, 3.8) is 0 Å². The van der Waals surface area contributed by atoms with Gasteiger partial charge in [-0.05, 0) is 6.42 Å². The van der Waals surface area contributed by atoms with Gasteiger partial charge in [0.25, 0.3) is 0 Å². The lowest BCUT2D eigenvalue weighted by atomic mass is 10.2. The molecule has 1 aliphatic rings. The summed E-state index contributed by atoms with van der Waals surface area (Å²) in [5.74, 6) is -0.860. The lowest BCUT2D eigenvalue weighted by Crippen LogP contribution is -2.44. The normalized spacial score (nSPS) is 19.6. The number of methoxy groups -OCH3 is 1. The minimum Gasteiger partial charge on any atom is -0.468 e. The van der Waals surface area contributed by atoms with Crippen molar-refractivity contribution in [2.45, 2.75) is 18.9 Å². The molecule has 0 unspecified atom stereocenters. The van der Waals surface area contributed by atoms with E-state index in [9.17, 15) is 14.4 Å². The summed E-state index contributed by atoms with van der Waals surface area (Å²) in [5.41, 5.74) is 0. The molecule has 6 heteroatoms. The highest BCUT2D eigenvalue weighted by Gasteiger charge is 2.29. The van der Waals surface area contributed by atoms with Gasteiger partial charge in [-0.1, -0.05) is 0 Å². The summed E-state index contributed by atoms with van der Waals surface area (Å²) in [6.45, 7) is -0.0955. The van der Waals surface area contributed by atoms with Crippen molar-refractivity contribution in [1.29, 1.82) is 0 Å². The van der Waals surface area contributed by atoms with Crippen LogP contribution >= 0.6 is 0 Å². The summed E-state index contributed by atoms with van der Waals surface area (Å²) in [7, 11) is 2.77. The van der Waals surface area contributed by atoms with Gasteiger partial charge in [0, 0.05) is 13.5 Å². The Morgan fingerprint density at radius 2 is 2.27 bits per heavy atom. The minimum atomic E-state index is -0.493. The minimum absolute atomic E-state index is 0.0955. The van der Waals surface area contributed by atoms with E-state index < -0.39 is 12.0 Å². The molecule has 1 heterocycles. The number of ether oxygens (including phenoxy) is 1. The molecule has 2 amide bonds. The molecular weight excluding hydrogens is 200 g/mol. The summed E-state index contributed by atoms with van der Waals surface area (Å²) in [6.07, 6.45) is 0.853. The van der Waals surface area contributed by atoms with Crippen LogP contribution in [-0.4, -0.2) is 49.4 Å². The van der Waals surface area contributed by atoms with Crippen LogP contribution in [0.5, 0.6) is 0 Å². The van der Waals surface area contributed by atoms with Crippen molar-refractivity contribution in [2.75, 3.05) is 20.7 Å². The van der Waals surface area contributed by atoms with Gasteiger partial charge in [-0.2, -0.15) is 0 Å². The number of likely N-dealkylation sites (N-methyl/N-ethyl adjacent to an activating group) is 1. The molecule has 0 bridgehead atoms. The zero-order chi connectivity index (χ0) is 11.4. The predicted octanol–water partition coefficient (Wildman–Crippen LogP) is -1.10. The summed E-state index contributed by atoms with van der Waals surface area (Å²) in [6, 6.07) is -0.493. The number of rotatable bonds is 3.